The molecule has 4 aromatic rings. The van der Waals surface area contributed by atoms with Gasteiger partial charge in [-0.25, -0.2) is 4.98 Å². The lowest BCUT2D eigenvalue weighted by molar-refractivity contribution is -0.113. The second kappa shape index (κ2) is 9.75. The number of carbonyl (C=O) groups excluding carboxylic acids is 1. The summed E-state index contributed by atoms with van der Waals surface area (Å²) in [6, 6.07) is 22.4. The van der Waals surface area contributed by atoms with Crippen LogP contribution in [-0.2, 0) is 11.2 Å². The fourth-order valence-electron chi connectivity index (χ4n) is 3.60. The van der Waals surface area contributed by atoms with Crippen LogP contribution < -0.4 is 14.8 Å². The monoisotopic (exact) mass is 489 g/mol. The van der Waals surface area contributed by atoms with Crippen molar-refractivity contribution < 1.29 is 14.3 Å². The highest BCUT2D eigenvalue weighted by atomic mass is 35.5. The van der Waals surface area contributed by atoms with E-state index in [1.165, 1.54) is 11.8 Å². The zero-order chi connectivity index (χ0) is 23.5. The Morgan fingerprint density at radius 3 is 2.74 bits per heavy atom. The van der Waals surface area contributed by atoms with Gasteiger partial charge in [0, 0.05) is 28.8 Å². The summed E-state index contributed by atoms with van der Waals surface area (Å²) in [7, 11) is 1.59. The first-order chi connectivity index (χ1) is 16.6. The van der Waals surface area contributed by atoms with E-state index in [1.54, 1.807) is 25.3 Å². The highest BCUT2D eigenvalue weighted by Crippen LogP contribution is 2.40. The molecule has 8 heteroatoms. The summed E-state index contributed by atoms with van der Waals surface area (Å²) in [5.41, 5.74) is 3.42. The number of rotatable bonds is 6. The van der Waals surface area contributed by atoms with Gasteiger partial charge in [-0.1, -0.05) is 47.6 Å². The molecule has 34 heavy (non-hydrogen) atoms. The molecule has 1 aliphatic heterocycles. The van der Waals surface area contributed by atoms with Crippen molar-refractivity contribution in [1.29, 1.82) is 0 Å². The normalized spacial score (nSPS) is 11.7. The maximum absolute atomic E-state index is 12.7. The smallest absolute Gasteiger partial charge is 0.234 e. The maximum atomic E-state index is 12.7. The predicted molar refractivity (Wildman–Crippen MR) is 134 cm³/mol. The van der Waals surface area contributed by atoms with Crippen LogP contribution in [0.3, 0.4) is 0 Å². The van der Waals surface area contributed by atoms with Gasteiger partial charge in [0.05, 0.1) is 18.4 Å². The molecule has 2 heterocycles. The van der Waals surface area contributed by atoms with Crippen molar-refractivity contribution in [3.05, 3.63) is 88.9 Å². The van der Waals surface area contributed by atoms with Gasteiger partial charge in [-0.15, -0.1) is 0 Å². The van der Waals surface area contributed by atoms with E-state index in [4.69, 9.17) is 26.1 Å². The van der Waals surface area contributed by atoms with Crippen LogP contribution in [-0.4, -0.2) is 28.7 Å². The molecule has 0 saturated heterocycles. The number of carbonyl (C=O) groups is 1. The van der Waals surface area contributed by atoms with Gasteiger partial charge in [0.2, 0.25) is 11.8 Å². The zero-order valence-electron chi connectivity index (χ0n) is 18.2. The number of amides is 1. The largest absolute Gasteiger partial charge is 0.497 e. The number of fused-ring (bicyclic) bond motifs is 2. The van der Waals surface area contributed by atoms with Gasteiger partial charge in [0.1, 0.15) is 16.5 Å². The number of aromatic nitrogens is 2. The Labute approximate surface area is 206 Å². The standard InChI is InChI=1S/C26H20ClN3O3S/c1-32-20-7-4-6-19(14-20)28-23(31)15-34-26-21-13-17-5-2-3-8-22(17)33-25(21)29-24(30-26)16-9-11-18(27)12-10-16/h2-12,14H,13,15H2,1H3,(H,28,31). The Kier molecular flexibility index (Phi) is 6.38. The van der Waals surface area contributed by atoms with E-state index in [0.29, 0.717) is 39.6 Å². The number of methoxy groups -OCH3 is 1. The van der Waals surface area contributed by atoms with Gasteiger partial charge < -0.3 is 14.8 Å². The number of anilines is 1. The molecule has 1 amide bonds. The van der Waals surface area contributed by atoms with Gasteiger partial charge in [-0.3, -0.25) is 4.79 Å². The molecule has 0 radical (unpaired) electrons. The molecule has 3 aromatic carbocycles. The first-order valence-electron chi connectivity index (χ1n) is 10.6. The summed E-state index contributed by atoms with van der Waals surface area (Å²) < 4.78 is 11.4. The minimum Gasteiger partial charge on any atom is -0.497 e. The van der Waals surface area contributed by atoms with E-state index >= 15 is 0 Å². The van der Waals surface area contributed by atoms with Crippen LogP contribution in [0.5, 0.6) is 17.4 Å². The molecule has 0 atom stereocenters. The lowest BCUT2D eigenvalue weighted by Gasteiger charge is -2.21. The molecule has 1 N–H and O–H groups in total. The van der Waals surface area contributed by atoms with Crippen molar-refractivity contribution in [3.63, 3.8) is 0 Å². The highest BCUT2D eigenvalue weighted by Gasteiger charge is 2.24. The van der Waals surface area contributed by atoms with Crippen molar-refractivity contribution in [2.75, 3.05) is 18.2 Å². The van der Waals surface area contributed by atoms with Gasteiger partial charge >= 0.3 is 0 Å². The van der Waals surface area contributed by atoms with Crippen LogP contribution in [0.25, 0.3) is 11.4 Å². The zero-order valence-corrected chi connectivity index (χ0v) is 19.8. The Bertz CT molecular complexity index is 1360. The van der Waals surface area contributed by atoms with Crippen molar-refractivity contribution in [2.24, 2.45) is 0 Å². The molecule has 0 unspecified atom stereocenters. The Hall–Kier alpha value is -3.55. The molecule has 6 nitrogen and oxygen atoms in total. The van der Waals surface area contributed by atoms with Gasteiger partial charge in [-0.05, 0) is 48.0 Å². The summed E-state index contributed by atoms with van der Waals surface area (Å²) in [4.78, 5) is 22.2. The van der Waals surface area contributed by atoms with Crippen molar-refractivity contribution in [2.45, 2.75) is 11.4 Å². The summed E-state index contributed by atoms with van der Waals surface area (Å²) in [5.74, 6) is 2.53. The second-order valence-electron chi connectivity index (χ2n) is 7.60. The van der Waals surface area contributed by atoms with E-state index in [1.807, 2.05) is 54.6 Å². The molecular formula is C26H20ClN3O3S. The number of hydrogen-bond acceptors (Lipinski definition) is 6. The van der Waals surface area contributed by atoms with Gasteiger partial charge in [0.25, 0.3) is 0 Å². The average molecular weight is 490 g/mol. The van der Waals surface area contributed by atoms with Gasteiger partial charge in [-0.2, -0.15) is 4.98 Å². The Morgan fingerprint density at radius 1 is 1.09 bits per heavy atom. The summed E-state index contributed by atoms with van der Waals surface area (Å²) in [6.45, 7) is 0. The van der Waals surface area contributed by atoms with Crippen LogP contribution in [0.4, 0.5) is 5.69 Å². The first-order valence-corrected chi connectivity index (χ1v) is 11.9. The van der Waals surface area contributed by atoms with Crippen LogP contribution in [0, 0.1) is 0 Å². The van der Waals surface area contributed by atoms with E-state index in [2.05, 4.69) is 10.3 Å². The topological polar surface area (TPSA) is 73.3 Å². The number of benzene rings is 3. The lowest BCUT2D eigenvalue weighted by Crippen LogP contribution is -2.15. The number of nitrogens with one attached hydrogen (secondary N) is 1. The fraction of sp³-hybridized carbons (Fsp3) is 0.115. The highest BCUT2D eigenvalue weighted by molar-refractivity contribution is 8.00. The quantitative estimate of drug-likeness (QED) is 0.225. The molecule has 1 aliphatic rings. The molecule has 5 rings (SSSR count). The third-order valence-electron chi connectivity index (χ3n) is 5.27. The van der Waals surface area contributed by atoms with Crippen LogP contribution in [0.15, 0.2) is 77.8 Å². The van der Waals surface area contributed by atoms with E-state index in [9.17, 15) is 4.79 Å². The molecule has 0 bridgehead atoms. The number of nitrogens with zero attached hydrogens (tertiary/aromatic N) is 2. The second-order valence-corrected chi connectivity index (χ2v) is 9.00. The molecule has 0 fully saturated rings. The average Bonchev–Trinajstić information content (AvgIpc) is 2.86. The molecule has 170 valence electrons. The lowest BCUT2D eigenvalue weighted by atomic mass is 10.0. The van der Waals surface area contributed by atoms with E-state index in [-0.39, 0.29) is 11.7 Å². The third kappa shape index (κ3) is 4.85. The van der Waals surface area contributed by atoms with Crippen molar-refractivity contribution >= 4 is 35.0 Å². The Morgan fingerprint density at radius 2 is 1.91 bits per heavy atom. The fourth-order valence-corrected chi connectivity index (χ4v) is 4.55. The first kappa shape index (κ1) is 22.3. The van der Waals surface area contributed by atoms with E-state index in [0.717, 1.165) is 22.4 Å². The van der Waals surface area contributed by atoms with E-state index < -0.39 is 0 Å². The summed E-state index contributed by atoms with van der Waals surface area (Å²) >= 11 is 7.41. The van der Waals surface area contributed by atoms with Crippen molar-refractivity contribution in [3.8, 4) is 28.8 Å². The number of halogens is 1. The Balaban J connectivity index is 1.42. The molecule has 0 spiro atoms. The molecular weight excluding hydrogens is 470 g/mol. The minimum atomic E-state index is -0.143. The SMILES string of the molecule is COc1cccc(NC(=O)CSc2nc(-c3ccc(Cl)cc3)nc3c2Cc2ccccc2O3)c1. The van der Waals surface area contributed by atoms with Crippen LogP contribution in [0.2, 0.25) is 5.02 Å². The summed E-state index contributed by atoms with van der Waals surface area (Å²) in [6.07, 6.45) is 0.631. The molecule has 1 aromatic heterocycles. The minimum absolute atomic E-state index is 0.143. The van der Waals surface area contributed by atoms with Crippen LogP contribution >= 0.6 is 23.4 Å². The van der Waals surface area contributed by atoms with Crippen molar-refractivity contribution in [1.82, 2.24) is 9.97 Å². The predicted octanol–water partition coefficient (Wildman–Crippen LogP) is 6.23. The number of thioether (sulfide) groups is 1. The molecule has 0 aliphatic carbocycles. The van der Waals surface area contributed by atoms with Crippen LogP contribution in [0.1, 0.15) is 11.1 Å². The number of para-hydroxylation sites is 1. The summed E-state index contributed by atoms with van der Waals surface area (Å²) in [5, 5.41) is 4.25. The third-order valence-corrected chi connectivity index (χ3v) is 6.54. The van der Waals surface area contributed by atoms with Gasteiger partial charge in [0.15, 0.2) is 5.82 Å². The number of ether oxygens (including phenoxy) is 2. The maximum Gasteiger partial charge on any atom is 0.234 e. The number of hydrogen-bond donors (Lipinski definition) is 1. The molecule has 0 saturated carbocycles.